The summed E-state index contributed by atoms with van der Waals surface area (Å²) in [5.74, 6) is -1.38. The number of carbonyl (C=O) groups excluding carboxylic acids is 1. The summed E-state index contributed by atoms with van der Waals surface area (Å²) in [7, 11) is -2.46. The van der Waals surface area contributed by atoms with Crippen molar-refractivity contribution in [2.75, 3.05) is 19.3 Å². The number of amides is 1. The van der Waals surface area contributed by atoms with Gasteiger partial charge in [0.15, 0.2) is 9.84 Å². The first-order valence-corrected chi connectivity index (χ1v) is 7.51. The minimum atomic E-state index is -3.87. The van der Waals surface area contributed by atoms with Gasteiger partial charge in [-0.05, 0) is 12.1 Å². The fourth-order valence-electron chi connectivity index (χ4n) is 1.47. The third-order valence-electron chi connectivity index (χ3n) is 2.70. The monoisotopic (exact) mass is 311 g/mol. The highest BCUT2D eigenvalue weighted by Crippen LogP contribution is 2.17. The van der Waals surface area contributed by atoms with Gasteiger partial charge >= 0.3 is 0 Å². The standard InChI is InChI=1S/C12H13N3O5S/c1-14(8-2-7-13)12(16)9-21(19,20)11-5-3-10(4-6-11)15(17)18/h3-6H,2,8-9H2,1H3. The number of hydrogen-bond donors (Lipinski definition) is 0. The molecule has 0 fully saturated rings. The Hall–Kier alpha value is -2.47. The summed E-state index contributed by atoms with van der Waals surface area (Å²) < 4.78 is 24.0. The number of sulfone groups is 1. The van der Waals surface area contributed by atoms with Crippen molar-refractivity contribution in [1.29, 1.82) is 5.26 Å². The highest BCUT2D eigenvalue weighted by molar-refractivity contribution is 7.92. The van der Waals surface area contributed by atoms with Gasteiger partial charge < -0.3 is 4.90 Å². The Balaban J connectivity index is 2.84. The van der Waals surface area contributed by atoms with Crippen LogP contribution in [-0.4, -0.2) is 43.5 Å². The van der Waals surface area contributed by atoms with E-state index in [1.54, 1.807) is 0 Å². The normalized spacial score (nSPS) is 10.7. The average molecular weight is 311 g/mol. The van der Waals surface area contributed by atoms with E-state index in [2.05, 4.69) is 0 Å². The molecular weight excluding hydrogens is 298 g/mol. The van der Waals surface area contributed by atoms with Crippen LogP contribution in [-0.2, 0) is 14.6 Å². The smallest absolute Gasteiger partial charge is 0.269 e. The molecule has 0 aliphatic heterocycles. The van der Waals surface area contributed by atoms with E-state index in [1.165, 1.54) is 7.05 Å². The van der Waals surface area contributed by atoms with Gasteiger partial charge in [0, 0.05) is 25.7 Å². The minimum absolute atomic E-state index is 0.111. The van der Waals surface area contributed by atoms with Crippen LogP contribution in [0.4, 0.5) is 5.69 Å². The average Bonchev–Trinajstić information content (AvgIpc) is 2.44. The van der Waals surface area contributed by atoms with Gasteiger partial charge in [-0.25, -0.2) is 8.42 Å². The summed E-state index contributed by atoms with van der Waals surface area (Å²) >= 11 is 0. The Morgan fingerprint density at radius 3 is 2.43 bits per heavy atom. The number of nitriles is 1. The SMILES string of the molecule is CN(CCC#N)C(=O)CS(=O)(=O)c1ccc([N+](=O)[O-])cc1. The van der Waals surface area contributed by atoms with Crippen LogP contribution in [0.3, 0.4) is 0 Å². The molecule has 0 bridgehead atoms. The summed E-state index contributed by atoms with van der Waals surface area (Å²) in [6.07, 6.45) is 0.111. The van der Waals surface area contributed by atoms with Crippen LogP contribution >= 0.6 is 0 Å². The van der Waals surface area contributed by atoms with Crippen molar-refractivity contribution in [3.63, 3.8) is 0 Å². The van der Waals surface area contributed by atoms with E-state index in [-0.39, 0.29) is 23.5 Å². The Morgan fingerprint density at radius 2 is 1.95 bits per heavy atom. The van der Waals surface area contributed by atoms with E-state index in [4.69, 9.17) is 5.26 Å². The first kappa shape index (κ1) is 16.6. The maximum atomic E-state index is 12.0. The lowest BCUT2D eigenvalue weighted by molar-refractivity contribution is -0.384. The molecule has 0 saturated carbocycles. The number of nitrogens with zero attached hydrogens (tertiary/aromatic N) is 3. The Labute approximate surface area is 121 Å². The molecule has 21 heavy (non-hydrogen) atoms. The van der Waals surface area contributed by atoms with Crippen molar-refractivity contribution in [3.8, 4) is 6.07 Å². The molecule has 0 N–H and O–H groups in total. The molecule has 0 atom stereocenters. The van der Waals surface area contributed by atoms with E-state index >= 15 is 0 Å². The molecule has 0 radical (unpaired) electrons. The minimum Gasteiger partial charge on any atom is -0.344 e. The van der Waals surface area contributed by atoms with E-state index in [9.17, 15) is 23.3 Å². The van der Waals surface area contributed by atoms with Crippen molar-refractivity contribution >= 4 is 21.4 Å². The molecule has 9 heteroatoms. The number of benzene rings is 1. The first-order chi connectivity index (χ1) is 9.77. The Bertz CT molecular complexity index is 676. The quantitative estimate of drug-likeness (QED) is 0.564. The Kier molecular flexibility index (Phi) is 5.37. The van der Waals surface area contributed by atoms with Crippen LogP contribution in [0.5, 0.6) is 0 Å². The van der Waals surface area contributed by atoms with E-state index in [0.29, 0.717) is 0 Å². The second-order valence-electron chi connectivity index (χ2n) is 4.23. The van der Waals surface area contributed by atoms with Crippen LogP contribution in [0.15, 0.2) is 29.2 Å². The number of carbonyl (C=O) groups is 1. The molecule has 1 aromatic rings. The van der Waals surface area contributed by atoms with Crippen LogP contribution in [0, 0.1) is 21.4 Å². The summed E-state index contributed by atoms with van der Waals surface area (Å²) in [5, 5.41) is 18.9. The highest BCUT2D eigenvalue weighted by atomic mass is 32.2. The van der Waals surface area contributed by atoms with Gasteiger partial charge in [-0.1, -0.05) is 0 Å². The zero-order valence-corrected chi connectivity index (χ0v) is 12.0. The number of rotatable bonds is 6. The molecule has 0 aliphatic carbocycles. The topological polar surface area (TPSA) is 121 Å². The first-order valence-electron chi connectivity index (χ1n) is 5.86. The molecule has 1 amide bonds. The van der Waals surface area contributed by atoms with Crippen LogP contribution in [0.25, 0.3) is 0 Å². The lowest BCUT2D eigenvalue weighted by atomic mass is 10.3. The summed E-state index contributed by atoms with van der Waals surface area (Å²) in [6, 6.07) is 6.18. The third-order valence-corrected chi connectivity index (χ3v) is 4.32. The molecule has 112 valence electrons. The van der Waals surface area contributed by atoms with Gasteiger partial charge in [-0.3, -0.25) is 14.9 Å². The van der Waals surface area contributed by atoms with Crippen molar-refractivity contribution < 1.29 is 18.1 Å². The number of non-ortho nitro benzene ring substituents is 1. The van der Waals surface area contributed by atoms with E-state index < -0.39 is 26.4 Å². The molecule has 8 nitrogen and oxygen atoms in total. The lowest BCUT2D eigenvalue weighted by Crippen LogP contribution is -2.33. The number of hydrogen-bond acceptors (Lipinski definition) is 6. The van der Waals surface area contributed by atoms with Crippen LogP contribution in [0.2, 0.25) is 0 Å². The molecule has 1 aromatic carbocycles. The molecular formula is C12H13N3O5S. The zero-order valence-electron chi connectivity index (χ0n) is 11.2. The maximum absolute atomic E-state index is 12.0. The van der Waals surface area contributed by atoms with Crippen molar-refractivity contribution in [2.45, 2.75) is 11.3 Å². The van der Waals surface area contributed by atoms with Gasteiger partial charge in [-0.2, -0.15) is 5.26 Å². The van der Waals surface area contributed by atoms with Gasteiger partial charge in [-0.15, -0.1) is 0 Å². The predicted molar refractivity (Wildman–Crippen MR) is 73.0 cm³/mol. The van der Waals surface area contributed by atoms with Gasteiger partial charge in [0.1, 0.15) is 5.75 Å². The van der Waals surface area contributed by atoms with Gasteiger partial charge in [0.2, 0.25) is 5.91 Å². The third kappa shape index (κ3) is 4.54. The zero-order chi connectivity index (χ0) is 16.0. The Morgan fingerprint density at radius 1 is 1.38 bits per heavy atom. The molecule has 0 aliphatic rings. The lowest BCUT2D eigenvalue weighted by Gasteiger charge is -2.15. The molecule has 0 unspecified atom stereocenters. The summed E-state index contributed by atoms with van der Waals surface area (Å²) in [4.78, 5) is 22.6. The molecule has 0 saturated heterocycles. The maximum Gasteiger partial charge on any atom is 0.269 e. The molecule has 1 rings (SSSR count). The second-order valence-corrected chi connectivity index (χ2v) is 6.22. The summed E-state index contributed by atoms with van der Waals surface area (Å²) in [6.45, 7) is 0.144. The molecule has 0 spiro atoms. The number of nitro benzene ring substituents is 1. The van der Waals surface area contributed by atoms with Gasteiger partial charge in [0.05, 0.1) is 22.3 Å². The molecule has 0 heterocycles. The largest absolute Gasteiger partial charge is 0.344 e. The van der Waals surface area contributed by atoms with Crippen molar-refractivity contribution in [1.82, 2.24) is 4.90 Å². The van der Waals surface area contributed by atoms with Gasteiger partial charge in [0.25, 0.3) is 5.69 Å². The highest BCUT2D eigenvalue weighted by Gasteiger charge is 2.22. The van der Waals surface area contributed by atoms with Crippen LogP contribution < -0.4 is 0 Å². The van der Waals surface area contributed by atoms with Crippen molar-refractivity contribution in [2.24, 2.45) is 0 Å². The van der Waals surface area contributed by atoms with E-state index in [1.807, 2.05) is 6.07 Å². The molecule has 0 aromatic heterocycles. The second kappa shape index (κ2) is 6.81. The van der Waals surface area contributed by atoms with Crippen LogP contribution in [0.1, 0.15) is 6.42 Å². The summed E-state index contributed by atoms with van der Waals surface area (Å²) in [5.41, 5.74) is -0.230. The predicted octanol–water partition coefficient (Wildman–Crippen LogP) is 0.741. The van der Waals surface area contributed by atoms with Crippen molar-refractivity contribution in [3.05, 3.63) is 34.4 Å². The van der Waals surface area contributed by atoms with E-state index in [0.717, 1.165) is 29.2 Å². The fraction of sp³-hybridized carbons (Fsp3) is 0.333. The fourth-order valence-corrected chi connectivity index (χ4v) is 2.74. The number of nitro groups is 1.